The second-order valence-electron chi connectivity index (χ2n) is 3.69. The Balaban J connectivity index is 2.41. The fraction of sp³-hybridized carbons (Fsp3) is 0.250. The molecule has 0 saturated carbocycles. The second-order valence-corrected chi connectivity index (χ2v) is 3.69. The molecule has 0 unspecified atom stereocenters. The number of para-hydroxylation sites is 1. The van der Waals surface area contributed by atoms with Crippen molar-refractivity contribution in [2.24, 2.45) is 0 Å². The Morgan fingerprint density at radius 3 is 2.61 bits per heavy atom. The van der Waals surface area contributed by atoms with Crippen LogP contribution in [-0.4, -0.2) is 22.9 Å². The molecule has 0 saturated heterocycles. The minimum atomic E-state index is -4.40. The van der Waals surface area contributed by atoms with Crippen molar-refractivity contribution in [3.05, 3.63) is 36.0 Å². The zero-order valence-electron chi connectivity index (χ0n) is 9.24. The number of alkyl halides is 3. The fourth-order valence-electron chi connectivity index (χ4n) is 1.56. The number of ether oxygens (including phenoxy) is 1. The van der Waals surface area contributed by atoms with E-state index >= 15 is 0 Å². The predicted molar refractivity (Wildman–Crippen MR) is 59.2 cm³/mol. The molecule has 0 radical (unpaired) electrons. The molecule has 3 nitrogen and oxygen atoms in total. The largest absolute Gasteiger partial charge is 0.483 e. The highest BCUT2D eigenvalue weighted by atomic mass is 19.4. The molecule has 1 aromatic carbocycles. The molecular formula is C12H10F3NO2. The summed E-state index contributed by atoms with van der Waals surface area (Å²) in [6.07, 6.45) is -4.40. The third-order valence-electron chi connectivity index (χ3n) is 2.28. The predicted octanol–water partition coefficient (Wildman–Crippen LogP) is 2.67. The standard InChI is InChI=1S/C12H10F3NO2/c13-12(14,15)7-18-11-5-8(6-17)16-10-4-2-1-3-9(10)11/h1-5,17H,6-7H2. The Morgan fingerprint density at radius 2 is 1.94 bits per heavy atom. The number of pyridine rings is 1. The van der Waals surface area contributed by atoms with Gasteiger partial charge in [0.15, 0.2) is 6.61 Å². The lowest BCUT2D eigenvalue weighted by Crippen LogP contribution is -2.19. The molecule has 1 heterocycles. The van der Waals surface area contributed by atoms with Crippen molar-refractivity contribution in [2.45, 2.75) is 12.8 Å². The van der Waals surface area contributed by atoms with Gasteiger partial charge in [0.2, 0.25) is 0 Å². The average molecular weight is 257 g/mol. The van der Waals surface area contributed by atoms with Crippen molar-refractivity contribution in [3.8, 4) is 5.75 Å². The van der Waals surface area contributed by atoms with Gasteiger partial charge in [0.05, 0.1) is 17.8 Å². The quantitative estimate of drug-likeness (QED) is 0.919. The van der Waals surface area contributed by atoms with Crippen molar-refractivity contribution >= 4 is 10.9 Å². The first-order chi connectivity index (χ1) is 8.49. The molecule has 1 N–H and O–H groups in total. The van der Waals surface area contributed by atoms with Gasteiger partial charge in [-0.3, -0.25) is 4.98 Å². The average Bonchev–Trinajstić information content (AvgIpc) is 2.34. The molecular weight excluding hydrogens is 247 g/mol. The van der Waals surface area contributed by atoms with Gasteiger partial charge in [-0.25, -0.2) is 0 Å². The Bertz CT molecular complexity index is 555. The maximum Gasteiger partial charge on any atom is 0.422 e. The lowest BCUT2D eigenvalue weighted by molar-refractivity contribution is -0.153. The van der Waals surface area contributed by atoms with E-state index in [0.29, 0.717) is 10.9 Å². The Kier molecular flexibility index (Phi) is 3.38. The molecule has 0 atom stereocenters. The van der Waals surface area contributed by atoms with E-state index in [1.54, 1.807) is 24.3 Å². The van der Waals surface area contributed by atoms with Gasteiger partial charge >= 0.3 is 6.18 Å². The van der Waals surface area contributed by atoms with Gasteiger partial charge in [-0.2, -0.15) is 13.2 Å². The van der Waals surface area contributed by atoms with Crippen LogP contribution in [0.3, 0.4) is 0 Å². The molecule has 2 rings (SSSR count). The van der Waals surface area contributed by atoms with Crippen LogP contribution in [0.5, 0.6) is 5.75 Å². The van der Waals surface area contributed by atoms with Crippen LogP contribution < -0.4 is 4.74 Å². The highest BCUT2D eigenvalue weighted by Gasteiger charge is 2.28. The Labute approximate surface area is 101 Å². The molecule has 0 amide bonds. The monoisotopic (exact) mass is 257 g/mol. The number of nitrogens with zero attached hydrogens (tertiary/aromatic N) is 1. The highest BCUT2D eigenvalue weighted by Crippen LogP contribution is 2.27. The van der Waals surface area contributed by atoms with E-state index in [2.05, 4.69) is 4.98 Å². The number of halogens is 3. The van der Waals surface area contributed by atoms with Gasteiger partial charge in [-0.1, -0.05) is 12.1 Å². The van der Waals surface area contributed by atoms with Crippen LogP contribution in [0.1, 0.15) is 5.69 Å². The van der Waals surface area contributed by atoms with Crippen molar-refractivity contribution in [1.29, 1.82) is 0 Å². The topological polar surface area (TPSA) is 42.4 Å². The molecule has 96 valence electrons. The molecule has 0 bridgehead atoms. The summed E-state index contributed by atoms with van der Waals surface area (Å²) in [7, 11) is 0. The van der Waals surface area contributed by atoms with E-state index in [-0.39, 0.29) is 18.1 Å². The van der Waals surface area contributed by atoms with Crippen LogP contribution in [0.2, 0.25) is 0 Å². The fourth-order valence-corrected chi connectivity index (χ4v) is 1.56. The first-order valence-corrected chi connectivity index (χ1v) is 5.18. The van der Waals surface area contributed by atoms with Crippen molar-refractivity contribution < 1.29 is 23.0 Å². The number of fused-ring (bicyclic) bond motifs is 1. The van der Waals surface area contributed by atoms with Crippen LogP contribution in [0.15, 0.2) is 30.3 Å². The number of aliphatic hydroxyl groups is 1. The van der Waals surface area contributed by atoms with E-state index in [0.717, 1.165) is 0 Å². The van der Waals surface area contributed by atoms with Crippen molar-refractivity contribution in [2.75, 3.05) is 6.61 Å². The molecule has 2 aromatic rings. The summed E-state index contributed by atoms with van der Waals surface area (Å²) >= 11 is 0. The number of benzene rings is 1. The first kappa shape index (κ1) is 12.6. The van der Waals surface area contributed by atoms with Gasteiger partial charge in [0.1, 0.15) is 5.75 Å². The molecule has 0 aliphatic carbocycles. The van der Waals surface area contributed by atoms with Gasteiger partial charge in [0.25, 0.3) is 0 Å². The van der Waals surface area contributed by atoms with E-state index in [9.17, 15) is 13.2 Å². The smallest absolute Gasteiger partial charge is 0.422 e. The van der Waals surface area contributed by atoms with E-state index in [1.807, 2.05) is 0 Å². The second kappa shape index (κ2) is 4.81. The minimum absolute atomic E-state index is 0.0713. The molecule has 0 aliphatic heterocycles. The number of aromatic nitrogens is 1. The Hall–Kier alpha value is -1.82. The van der Waals surface area contributed by atoms with Crippen LogP contribution in [0.25, 0.3) is 10.9 Å². The molecule has 0 fully saturated rings. The van der Waals surface area contributed by atoms with Crippen LogP contribution in [0, 0.1) is 0 Å². The molecule has 6 heteroatoms. The molecule has 1 aromatic heterocycles. The normalized spacial score (nSPS) is 11.8. The van der Waals surface area contributed by atoms with E-state index in [1.165, 1.54) is 6.07 Å². The molecule has 0 spiro atoms. The first-order valence-electron chi connectivity index (χ1n) is 5.18. The summed E-state index contributed by atoms with van der Waals surface area (Å²) in [4.78, 5) is 4.09. The number of aliphatic hydroxyl groups excluding tert-OH is 1. The lowest BCUT2D eigenvalue weighted by Gasteiger charge is -2.12. The summed E-state index contributed by atoms with van der Waals surface area (Å²) < 4.78 is 41.2. The zero-order valence-corrected chi connectivity index (χ0v) is 9.24. The maximum atomic E-state index is 12.1. The summed E-state index contributed by atoms with van der Waals surface area (Å²) in [6, 6.07) is 7.98. The van der Waals surface area contributed by atoms with Gasteiger partial charge in [-0.05, 0) is 12.1 Å². The summed E-state index contributed by atoms with van der Waals surface area (Å²) in [5, 5.41) is 9.49. The van der Waals surface area contributed by atoms with Crippen LogP contribution in [0.4, 0.5) is 13.2 Å². The third-order valence-corrected chi connectivity index (χ3v) is 2.28. The van der Waals surface area contributed by atoms with Crippen LogP contribution in [-0.2, 0) is 6.61 Å². The van der Waals surface area contributed by atoms with Crippen molar-refractivity contribution in [3.63, 3.8) is 0 Å². The molecule has 18 heavy (non-hydrogen) atoms. The van der Waals surface area contributed by atoms with Crippen molar-refractivity contribution in [1.82, 2.24) is 4.98 Å². The van der Waals surface area contributed by atoms with E-state index in [4.69, 9.17) is 9.84 Å². The maximum absolute atomic E-state index is 12.1. The highest BCUT2D eigenvalue weighted by molar-refractivity contribution is 5.85. The number of hydrogen-bond donors (Lipinski definition) is 1. The summed E-state index contributed by atoms with van der Waals surface area (Å²) in [6.45, 7) is -1.72. The number of hydrogen-bond acceptors (Lipinski definition) is 3. The van der Waals surface area contributed by atoms with Gasteiger partial charge in [-0.15, -0.1) is 0 Å². The summed E-state index contributed by atoms with van der Waals surface area (Å²) in [5.41, 5.74) is 0.757. The lowest BCUT2D eigenvalue weighted by atomic mass is 10.2. The van der Waals surface area contributed by atoms with E-state index < -0.39 is 12.8 Å². The summed E-state index contributed by atoms with van der Waals surface area (Å²) in [5.74, 6) is 0.0713. The van der Waals surface area contributed by atoms with Gasteiger partial charge < -0.3 is 9.84 Å². The van der Waals surface area contributed by atoms with Crippen LogP contribution >= 0.6 is 0 Å². The van der Waals surface area contributed by atoms with Gasteiger partial charge in [0, 0.05) is 11.5 Å². The molecule has 0 aliphatic rings. The third kappa shape index (κ3) is 2.89. The number of rotatable bonds is 3. The zero-order chi connectivity index (χ0) is 13.2. The Morgan fingerprint density at radius 1 is 1.22 bits per heavy atom. The SMILES string of the molecule is OCc1cc(OCC(F)(F)F)c2ccccc2n1. The minimum Gasteiger partial charge on any atom is -0.483 e.